The Bertz CT molecular complexity index is 459. The van der Waals surface area contributed by atoms with E-state index in [1.54, 1.807) is 6.26 Å². The fourth-order valence-electron chi connectivity index (χ4n) is 2.24. The molecule has 15 heavy (non-hydrogen) atoms. The van der Waals surface area contributed by atoms with E-state index in [0.29, 0.717) is 5.76 Å². The van der Waals surface area contributed by atoms with E-state index in [1.807, 2.05) is 24.3 Å². The van der Waals surface area contributed by atoms with Crippen LogP contribution in [-0.4, -0.2) is 5.11 Å². The molecular weight excluding hydrogens is 188 g/mol. The van der Waals surface area contributed by atoms with Crippen LogP contribution in [0.2, 0.25) is 0 Å². The van der Waals surface area contributed by atoms with Crippen LogP contribution in [0.1, 0.15) is 28.9 Å². The average Bonchev–Trinajstić information content (AvgIpc) is 2.72. The minimum Gasteiger partial charge on any atom is -0.467 e. The molecule has 1 heterocycles. The van der Waals surface area contributed by atoms with Crippen molar-refractivity contribution in [3.05, 3.63) is 59.5 Å². The molecule has 2 nitrogen and oxygen atoms in total. The van der Waals surface area contributed by atoms with E-state index in [2.05, 4.69) is 12.1 Å². The lowest BCUT2D eigenvalue weighted by atomic mass is 9.74. The minimum atomic E-state index is -0.505. The predicted octanol–water partition coefficient (Wildman–Crippen LogP) is 2.65. The summed E-state index contributed by atoms with van der Waals surface area (Å²) in [4.78, 5) is 0. The van der Waals surface area contributed by atoms with E-state index in [9.17, 15) is 5.11 Å². The van der Waals surface area contributed by atoms with Crippen molar-refractivity contribution in [3.63, 3.8) is 0 Å². The van der Waals surface area contributed by atoms with Crippen LogP contribution in [0.15, 0.2) is 47.1 Å². The van der Waals surface area contributed by atoms with E-state index < -0.39 is 6.10 Å². The molecule has 2 heteroatoms. The van der Waals surface area contributed by atoms with Gasteiger partial charge in [-0.3, -0.25) is 0 Å². The Morgan fingerprint density at radius 2 is 2.07 bits per heavy atom. The molecule has 76 valence electrons. The van der Waals surface area contributed by atoms with Crippen molar-refractivity contribution in [2.24, 2.45) is 0 Å². The molecule has 0 spiro atoms. The van der Waals surface area contributed by atoms with Gasteiger partial charge in [0.15, 0.2) is 0 Å². The summed E-state index contributed by atoms with van der Waals surface area (Å²) >= 11 is 0. The first-order valence-electron chi connectivity index (χ1n) is 5.15. The zero-order valence-corrected chi connectivity index (χ0v) is 8.26. The van der Waals surface area contributed by atoms with Crippen molar-refractivity contribution in [2.75, 3.05) is 0 Å². The molecule has 2 atom stereocenters. The van der Waals surface area contributed by atoms with E-state index >= 15 is 0 Å². The topological polar surface area (TPSA) is 33.4 Å². The van der Waals surface area contributed by atoms with E-state index in [0.717, 1.165) is 6.42 Å². The average molecular weight is 200 g/mol. The molecule has 0 aliphatic heterocycles. The lowest BCUT2D eigenvalue weighted by Crippen LogP contribution is -2.23. The van der Waals surface area contributed by atoms with Crippen LogP contribution < -0.4 is 0 Å². The van der Waals surface area contributed by atoms with Crippen LogP contribution in [0.25, 0.3) is 0 Å². The van der Waals surface area contributed by atoms with Crippen LogP contribution in [0.3, 0.4) is 0 Å². The first-order valence-corrected chi connectivity index (χ1v) is 5.15. The number of furan rings is 1. The van der Waals surface area contributed by atoms with Crippen molar-refractivity contribution >= 4 is 0 Å². The SMILES string of the molecule is OC(c1ccco1)C1Cc2ccccc21. The number of hydrogen-bond acceptors (Lipinski definition) is 2. The normalized spacial score (nSPS) is 20.5. The first kappa shape index (κ1) is 8.74. The number of benzene rings is 1. The first-order chi connectivity index (χ1) is 7.36. The van der Waals surface area contributed by atoms with Crippen molar-refractivity contribution in [2.45, 2.75) is 18.4 Å². The second kappa shape index (κ2) is 3.24. The maximum Gasteiger partial charge on any atom is 0.132 e. The summed E-state index contributed by atoms with van der Waals surface area (Å²) in [6.45, 7) is 0. The highest BCUT2D eigenvalue weighted by Crippen LogP contribution is 2.43. The summed E-state index contributed by atoms with van der Waals surface area (Å²) in [6, 6.07) is 11.9. The fourth-order valence-corrected chi connectivity index (χ4v) is 2.24. The molecule has 0 amide bonds. The van der Waals surface area contributed by atoms with E-state index in [1.165, 1.54) is 11.1 Å². The summed E-state index contributed by atoms with van der Waals surface area (Å²) in [5.41, 5.74) is 2.59. The standard InChI is InChI=1S/C13H12O2/c14-13(12-6-3-7-15-12)11-8-9-4-1-2-5-10(9)11/h1-7,11,13-14H,8H2. The largest absolute Gasteiger partial charge is 0.467 e. The van der Waals surface area contributed by atoms with Crippen LogP contribution in [0, 0.1) is 0 Å². The molecule has 2 unspecified atom stereocenters. The van der Waals surface area contributed by atoms with E-state index in [-0.39, 0.29) is 5.92 Å². The third-order valence-electron chi connectivity index (χ3n) is 3.11. The third-order valence-corrected chi connectivity index (χ3v) is 3.11. The van der Waals surface area contributed by atoms with Gasteiger partial charge in [-0.05, 0) is 29.7 Å². The highest BCUT2D eigenvalue weighted by atomic mass is 16.4. The molecule has 1 aliphatic carbocycles. The molecule has 2 aromatic rings. The maximum absolute atomic E-state index is 10.1. The molecule has 1 N–H and O–H groups in total. The molecule has 1 aromatic heterocycles. The van der Waals surface area contributed by atoms with Gasteiger partial charge >= 0.3 is 0 Å². The van der Waals surface area contributed by atoms with Gasteiger partial charge in [-0.25, -0.2) is 0 Å². The van der Waals surface area contributed by atoms with Gasteiger partial charge in [0.05, 0.1) is 6.26 Å². The summed E-state index contributed by atoms with van der Waals surface area (Å²) in [5.74, 6) is 0.863. The number of rotatable bonds is 2. The van der Waals surface area contributed by atoms with Gasteiger partial charge in [0.2, 0.25) is 0 Å². The van der Waals surface area contributed by atoms with Gasteiger partial charge < -0.3 is 9.52 Å². The predicted molar refractivity (Wildman–Crippen MR) is 56.6 cm³/mol. The smallest absolute Gasteiger partial charge is 0.132 e. The lowest BCUT2D eigenvalue weighted by Gasteiger charge is -2.32. The van der Waals surface area contributed by atoms with E-state index in [4.69, 9.17) is 4.42 Å². The number of aliphatic hydroxyl groups excluding tert-OH is 1. The van der Waals surface area contributed by atoms with Gasteiger partial charge in [-0.1, -0.05) is 24.3 Å². The molecule has 1 aliphatic rings. The Morgan fingerprint density at radius 1 is 1.20 bits per heavy atom. The van der Waals surface area contributed by atoms with Gasteiger partial charge in [0.1, 0.15) is 11.9 Å². The van der Waals surface area contributed by atoms with Crippen molar-refractivity contribution < 1.29 is 9.52 Å². The van der Waals surface area contributed by atoms with Gasteiger partial charge in [0, 0.05) is 5.92 Å². The van der Waals surface area contributed by atoms with Crippen LogP contribution in [0.5, 0.6) is 0 Å². The number of hydrogen-bond donors (Lipinski definition) is 1. The zero-order valence-electron chi connectivity index (χ0n) is 8.26. The molecule has 0 fully saturated rings. The highest BCUT2D eigenvalue weighted by molar-refractivity contribution is 5.41. The fraction of sp³-hybridized carbons (Fsp3) is 0.231. The second-order valence-corrected chi connectivity index (χ2v) is 3.97. The number of fused-ring (bicyclic) bond motifs is 1. The summed E-state index contributed by atoms with van der Waals surface area (Å²) < 4.78 is 5.22. The molecule has 3 rings (SSSR count). The number of aliphatic hydroxyl groups is 1. The van der Waals surface area contributed by atoms with Crippen LogP contribution >= 0.6 is 0 Å². The molecule has 1 aromatic carbocycles. The summed E-state index contributed by atoms with van der Waals surface area (Å²) in [5, 5.41) is 10.1. The van der Waals surface area contributed by atoms with Crippen LogP contribution in [0.4, 0.5) is 0 Å². The molecular formula is C13H12O2. The molecule has 0 radical (unpaired) electrons. The van der Waals surface area contributed by atoms with Crippen molar-refractivity contribution in [1.82, 2.24) is 0 Å². The molecule has 0 saturated carbocycles. The second-order valence-electron chi connectivity index (χ2n) is 3.97. The highest BCUT2D eigenvalue weighted by Gasteiger charge is 2.33. The zero-order chi connectivity index (χ0) is 10.3. The molecule has 0 bridgehead atoms. The van der Waals surface area contributed by atoms with Gasteiger partial charge in [0.25, 0.3) is 0 Å². The monoisotopic (exact) mass is 200 g/mol. The Hall–Kier alpha value is -1.54. The maximum atomic E-state index is 10.1. The van der Waals surface area contributed by atoms with Crippen LogP contribution in [-0.2, 0) is 6.42 Å². The van der Waals surface area contributed by atoms with Crippen molar-refractivity contribution in [1.29, 1.82) is 0 Å². The Morgan fingerprint density at radius 3 is 2.80 bits per heavy atom. The van der Waals surface area contributed by atoms with Gasteiger partial charge in [-0.2, -0.15) is 0 Å². The Kier molecular flexibility index (Phi) is 1.89. The Balaban J connectivity index is 1.88. The van der Waals surface area contributed by atoms with Crippen molar-refractivity contribution in [3.8, 4) is 0 Å². The quantitative estimate of drug-likeness (QED) is 0.808. The molecule has 0 saturated heterocycles. The minimum absolute atomic E-state index is 0.201. The Labute approximate surface area is 88.2 Å². The lowest BCUT2D eigenvalue weighted by molar-refractivity contribution is 0.110. The van der Waals surface area contributed by atoms with Gasteiger partial charge in [-0.15, -0.1) is 0 Å². The third kappa shape index (κ3) is 1.29. The summed E-state index contributed by atoms with van der Waals surface area (Å²) in [7, 11) is 0. The summed E-state index contributed by atoms with van der Waals surface area (Å²) in [6.07, 6.45) is 2.04.